The highest BCUT2D eigenvalue weighted by molar-refractivity contribution is 14.0. The van der Waals surface area contributed by atoms with E-state index in [4.69, 9.17) is 4.74 Å². The lowest BCUT2D eigenvalue weighted by Gasteiger charge is -2.55. The van der Waals surface area contributed by atoms with Gasteiger partial charge in [-0.3, -0.25) is 4.99 Å². The molecule has 3 aliphatic rings. The SMILES string of the molecule is CN=C(NCC1(CCO)CCCC1)NC1C2CCOC2C1(C)C.I. The molecule has 1 aliphatic heterocycles. The summed E-state index contributed by atoms with van der Waals surface area (Å²) in [5.41, 5.74) is 0.412. The van der Waals surface area contributed by atoms with E-state index in [0.29, 0.717) is 18.1 Å². The number of hydrogen-bond acceptors (Lipinski definition) is 3. The van der Waals surface area contributed by atoms with Gasteiger partial charge in [0.05, 0.1) is 6.10 Å². The monoisotopic (exact) mass is 451 g/mol. The van der Waals surface area contributed by atoms with Gasteiger partial charge in [-0.2, -0.15) is 0 Å². The van der Waals surface area contributed by atoms with Crippen LogP contribution in [-0.4, -0.2) is 50.0 Å². The molecule has 1 saturated heterocycles. The zero-order valence-electron chi connectivity index (χ0n) is 15.3. The fraction of sp³-hybridized carbons (Fsp3) is 0.944. The van der Waals surface area contributed by atoms with Crippen molar-refractivity contribution < 1.29 is 9.84 Å². The minimum atomic E-state index is 0. The molecule has 1 heterocycles. The fourth-order valence-electron chi connectivity index (χ4n) is 5.11. The number of aliphatic hydroxyl groups excluding tert-OH is 1. The number of nitrogens with one attached hydrogen (secondary N) is 2. The maximum atomic E-state index is 9.39. The van der Waals surface area contributed by atoms with Gasteiger partial charge < -0.3 is 20.5 Å². The van der Waals surface area contributed by atoms with E-state index < -0.39 is 0 Å². The van der Waals surface area contributed by atoms with E-state index in [1.54, 1.807) is 0 Å². The molecule has 5 nitrogen and oxygen atoms in total. The molecule has 3 atom stereocenters. The van der Waals surface area contributed by atoms with E-state index in [0.717, 1.165) is 32.0 Å². The highest BCUT2D eigenvalue weighted by Gasteiger charge is 2.59. The Kier molecular flexibility index (Phi) is 6.81. The standard InChI is InChI=1S/C18H33N3O2.HI/c1-17(2)14(13-6-11-23-15(13)17)21-16(19-3)20-12-18(9-10-22)7-4-5-8-18;/h13-15,22H,4-12H2,1-3H3,(H2,19,20,21);1H. The first-order chi connectivity index (χ1) is 11.0. The summed E-state index contributed by atoms with van der Waals surface area (Å²) in [5, 5.41) is 16.6. The largest absolute Gasteiger partial charge is 0.396 e. The number of aliphatic hydroxyl groups is 1. The summed E-state index contributed by atoms with van der Waals surface area (Å²) in [6, 6.07) is 0.429. The zero-order valence-corrected chi connectivity index (χ0v) is 17.6. The third kappa shape index (κ3) is 3.70. The first kappa shape index (κ1) is 20.2. The number of hydrogen-bond donors (Lipinski definition) is 3. The van der Waals surface area contributed by atoms with E-state index >= 15 is 0 Å². The maximum Gasteiger partial charge on any atom is 0.191 e. The van der Waals surface area contributed by atoms with Crippen molar-refractivity contribution in [3.05, 3.63) is 0 Å². The number of ether oxygens (including phenoxy) is 1. The van der Waals surface area contributed by atoms with Crippen molar-refractivity contribution in [3.8, 4) is 0 Å². The Balaban J connectivity index is 0.00000208. The fourth-order valence-corrected chi connectivity index (χ4v) is 5.11. The maximum absolute atomic E-state index is 9.39. The molecular formula is C18H34IN3O2. The van der Waals surface area contributed by atoms with Gasteiger partial charge >= 0.3 is 0 Å². The van der Waals surface area contributed by atoms with Crippen molar-refractivity contribution in [1.82, 2.24) is 10.6 Å². The smallest absolute Gasteiger partial charge is 0.191 e. The summed E-state index contributed by atoms with van der Waals surface area (Å²) in [6.45, 7) is 6.65. The van der Waals surface area contributed by atoms with Gasteiger partial charge in [0, 0.05) is 44.2 Å². The number of guanidine groups is 1. The molecule has 0 radical (unpaired) electrons. The number of fused-ring (bicyclic) bond motifs is 1. The predicted octanol–water partition coefficient (Wildman–Crippen LogP) is 2.53. The normalized spacial score (nSPS) is 33.3. The van der Waals surface area contributed by atoms with Crippen molar-refractivity contribution in [2.24, 2.45) is 21.7 Å². The van der Waals surface area contributed by atoms with Crippen LogP contribution in [0.15, 0.2) is 4.99 Å². The molecule has 2 aliphatic carbocycles. The molecule has 3 N–H and O–H groups in total. The molecule has 3 fully saturated rings. The molecule has 0 bridgehead atoms. The summed E-state index contributed by atoms with van der Waals surface area (Å²) in [4.78, 5) is 4.43. The van der Waals surface area contributed by atoms with E-state index in [1.807, 2.05) is 7.05 Å². The van der Waals surface area contributed by atoms with E-state index in [-0.39, 0.29) is 41.4 Å². The second-order valence-corrected chi connectivity index (χ2v) is 8.29. The van der Waals surface area contributed by atoms with Crippen LogP contribution in [0.25, 0.3) is 0 Å². The van der Waals surface area contributed by atoms with Crippen LogP contribution in [0.1, 0.15) is 52.4 Å². The molecule has 24 heavy (non-hydrogen) atoms. The highest BCUT2D eigenvalue weighted by Crippen LogP contribution is 2.52. The van der Waals surface area contributed by atoms with E-state index in [1.165, 1.54) is 25.7 Å². The Morgan fingerprint density at radius 3 is 2.62 bits per heavy atom. The Bertz CT molecular complexity index is 450. The zero-order chi connectivity index (χ0) is 16.5. The molecule has 0 aromatic carbocycles. The average Bonchev–Trinajstić information content (AvgIpc) is 3.16. The highest BCUT2D eigenvalue weighted by atomic mass is 127. The van der Waals surface area contributed by atoms with Crippen LogP contribution in [0.2, 0.25) is 0 Å². The van der Waals surface area contributed by atoms with Crippen molar-refractivity contribution >= 4 is 29.9 Å². The van der Waals surface area contributed by atoms with Crippen LogP contribution in [0.3, 0.4) is 0 Å². The summed E-state index contributed by atoms with van der Waals surface area (Å²) in [7, 11) is 1.84. The molecule has 0 amide bonds. The minimum Gasteiger partial charge on any atom is -0.396 e. The number of halogens is 1. The molecule has 140 valence electrons. The Hall–Kier alpha value is -0.0800. The lowest BCUT2D eigenvalue weighted by atomic mass is 9.57. The van der Waals surface area contributed by atoms with Crippen molar-refractivity contribution in [3.63, 3.8) is 0 Å². The number of rotatable bonds is 5. The van der Waals surface area contributed by atoms with E-state index in [2.05, 4.69) is 29.5 Å². The predicted molar refractivity (Wildman–Crippen MR) is 108 cm³/mol. The Morgan fingerprint density at radius 2 is 2.00 bits per heavy atom. The first-order valence-electron chi connectivity index (χ1n) is 9.22. The minimum absolute atomic E-state index is 0. The molecule has 3 rings (SSSR count). The first-order valence-corrected chi connectivity index (χ1v) is 9.22. The van der Waals surface area contributed by atoms with Gasteiger partial charge in [-0.05, 0) is 31.1 Å². The lowest BCUT2D eigenvalue weighted by Crippen LogP contribution is -2.68. The molecular weight excluding hydrogens is 417 g/mol. The average molecular weight is 451 g/mol. The third-order valence-corrected chi connectivity index (χ3v) is 6.55. The van der Waals surface area contributed by atoms with E-state index in [9.17, 15) is 5.11 Å². The van der Waals surface area contributed by atoms with Crippen molar-refractivity contribution in [2.75, 3.05) is 26.8 Å². The Morgan fingerprint density at radius 1 is 1.29 bits per heavy atom. The molecule has 0 aromatic heterocycles. The van der Waals surface area contributed by atoms with Gasteiger partial charge in [-0.25, -0.2) is 0 Å². The molecule has 3 unspecified atom stereocenters. The summed E-state index contributed by atoms with van der Waals surface area (Å²) >= 11 is 0. The molecule has 2 saturated carbocycles. The molecule has 0 spiro atoms. The van der Waals surface area contributed by atoms with Crippen molar-refractivity contribution in [2.45, 2.75) is 64.5 Å². The van der Waals surface area contributed by atoms with Crippen molar-refractivity contribution in [1.29, 1.82) is 0 Å². The topological polar surface area (TPSA) is 65.9 Å². The quantitative estimate of drug-likeness (QED) is 0.342. The van der Waals surface area contributed by atoms with Gasteiger partial charge in [-0.1, -0.05) is 26.7 Å². The van der Waals surface area contributed by atoms with Crippen LogP contribution in [-0.2, 0) is 4.74 Å². The van der Waals surface area contributed by atoms with Crippen LogP contribution in [0.4, 0.5) is 0 Å². The second-order valence-electron chi connectivity index (χ2n) is 8.29. The van der Waals surface area contributed by atoms with Crippen LogP contribution < -0.4 is 10.6 Å². The van der Waals surface area contributed by atoms with Gasteiger partial charge in [0.2, 0.25) is 0 Å². The van der Waals surface area contributed by atoms with Crippen LogP contribution in [0, 0.1) is 16.7 Å². The van der Waals surface area contributed by atoms with Crippen LogP contribution in [0.5, 0.6) is 0 Å². The summed E-state index contributed by atoms with van der Waals surface area (Å²) in [5.74, 6) is 1.51. The van der Waals surface area contributed by atoms with Gasteiger partial charge in [-0.15, -0.1) is 24.0 Å². The molecule has 0 aromatic rings. The third-order valence-electron chi connectivity index (χ3n) is 6.55. The molecule has 6 heteroatoms. The second kappa shape index (κ2) is 8.08. The van der Waals surface area contributed by atoms with Crippen LogP contribution >= 0.6 is 24.0 Å². The summed E-state index contributed by atoms with van der Waals surface area (Å²) < 4.78 is 5.87. The number of aliphatic imine (C=N–C) groups is 1. The summed E-state index contributed by atoms with van der Waals surface area (Å²) in [6.07, 6.45) is 7.43. The van der Waals surface area contributed by atoms with Gasteiger partial charge in [0.25, 0.3) is 0 Å². The van der Waals surface area contributed by atoms with Gasteiger partial charge in [0.15, 0.2) is 5.96 Å². The lowest BCUT2D eigenvalue weighted by molar-refractivity contribution is -0.106. The number of nitrogens with zero attached hydrogens (tertiary/aromatic N) is 1. The Labute approximate surface area is 163 Å². The van der Waals surface area contributed by atoms with Gasteiger partial charge in [0.1, 0.15) is 0 Å².